The monoisotopic (exact) mass is 226 g/mol. The van der Waals surface area contributed by atoms with Gasteiger partial charge in [-0.2, -0.15) is 0 Å². The van der Waals surface area contributed by atoms with E-state index in [1.54, 1.807) is 6.92 Å². The number of unbranched alkanes of at least 4 members (excludes halogenated alkanes) is 4. The highest BCUT2D eigenvalue weighted by molar-refractivity contribution is 5.76. The molecule has 0 aromatic rings. The lowest BCUT2D eigenvalue weighted by atomic mass is 10.1. The number of rotatable bonds is 9. The van der Waals surface area contributed by atoms with Crippen LogP contribution in [0.5, 0.6) is 0 Å². The van der Waals surface area contributed by atoms with Crippen LogP contribution in [0, 0.1) is 0 Å². The van der Waals surface area contributed by atoms with E-state index in [0.717, 1.165) is 32.1 Å². The molecular weight excluding hydrogens is 204 g/mol. The van der Waals surface area contributed by atoms with E-state index in [1.807, 2.05) is 6.08 Å². The molecule has 0 radical (unpaired) electrons. The molecule has 0 rings (SSSR count). The van der Waals surface area contributed by atoms with Crippen molar-refractivity contribution < 1.29 is 14.3 Å². The molecule has 0 aromatic carbocycles. The lowest BCUT2D eigenvalue weighted by Gasteiger charge is -1.99. The van der Waals surface area contributed by atoms with Crippen molar-refractivity contribution in [1.82, 2.24) is 0 Å². The van der Waals surface area contributed by atoms with Crippen LogP contribution in [0.4, 0.5) is 0 Å². The molecule has 0 aliphatic carbocycles. The molecule has 0 heterocycles. The number of methoxy groups -OCH3 is 1. The molecule has 0 aliphatic heterocycles. The molecule has 16 heavy (non-hydrogen) atoms. The van der Waals surface area contributed by atoms with Crippen molar-refractivity contribution >= 4 is 11.8 Å². The van der Waals surface area contributed by atoms with Gasteiger partial charge in [0, 0.05) is 12.8 Å². The molecule has 0 N–H and O–H groups in total. The second-order valence-electron chi connectivity index (χ2n) is 3.91. The zero-order chi connectivity index (χ0) is 12.2. The number of carbonyl (C=O) groups is 2. The Balaban J connectivity index is 3.18. The van der Waals surface area contributed by atoms with Crippen molar-refractivity contribution in [2.45, 2.75) is 51.9 Å². The number of ether oxygens (including phenoxy) is 1. The Bertz CT molecular complexity index is 231. The van der Waals surface area contributed by atoms with Crippen LogP contribution in [0.2, 0.25) is 0 Å². The molecule has 0 amide bonds. The minimum absolute atomic E-state index is 0.124. The third kappa shape index (κ3) is 11.0. The zero-order valence-electron chi connectivity index (χ0n) is 10.3. The molecule has 0 fully saturated rings. The Hall–Kier alpha value is -1.12. The Labute approximate surface area is 97.9 Å². The van der Waals surface area contributed by atoms with Gasteiger partial charge in [-0.1, -0.05) is 25.0 Å². The predicted octanol–water partition coefficient (Wildman–Crippen LogP) is 3.04. The van der Waals surface area contributed by atoms with Crippen molar-refractivity contribution in [2.24, 2.45) is 0 Å². The number of hydrogen-bond acceptors (Lipinski definition) is 3. The maximum Gasteiger partial charge on any atom is 0.305 e. The van der Waals surface area contributed by atoms with Crippen molar-refractivity contribution in [2.75, 3.05) is 7.11 Å². The molecular formula is C13H22O3. The average Bonchev–Trinajstić information content (AvgIpc) is 2.26. The van der Waals surface area contributed by atoms with Crippen LogP contribution >= 0.6 is 0 Å². The highest BCUT2D eigenvalue weighted by atomic mass is 16.5. The molecule has 0 saturated heterocycles. The van der Waals surface area contributed by atoms with E-state index in [4.69, 9.17) is 0 Å². The summed E-state index contributed by atoms with van der Waals surface area (Å²) in [5, 5.41) is 0. The predicted molar refractivity (Wildman–Crippen MR) is 64.2 cm³/mol. The Kier molecular flexibility index (Phi) is 9.67. The van der Waals surface area contributed by atoms with E-state index in [1.165, 1.54) is 7.11 Å². The minimum Gasteiger partial charge on any atom is -0.469 e. The van der Waals surface area contributed by atoms with Gasteiger partial charge in [0.2, 0.25) is 0 Å². The fourth-order valence-electron chi connectivity index (χ4n) is 1.35. The standard InChI is InChI=1S/C13H22O3/c1-12(14)10-8-6-4-3-5-7-9-11-13(15)16-2/h6,8H,3-5,7,9-11H2,1-2H3. The maximum absolute atomic E-state index is 10.8. The van der Waals surface area contributed by atoms with Crippen molar-refractivity contribution in [1.29, 1.82) is 0 Å². The first kappa shape index (κ1) is 14.9. The maximum atomic E-state index is 10.8. The highest BCUT2D eigenvalue weighted by Crippen LogP contribution is 2.06. The Morgan fingerprint density at radius 2 is 1.75 bits per heavy atom. The van der Waals surface area contributed by atoms with E-state index in [9.17, 15) is 9.59 Å². The quantitative estimate of drug-likeness (QED) is 0.345. The lowest BCUT2D eigenvalue weighted by molar-refractivity contribution is -0.140. The number of carbonyl (C=O) groups excluding carboxylic acids is 2. The van der Waals surface area contributed by atoms with Crippen LogP contribution < -0.4 is 0 Å². The summed E-state index contributed by atoms with van der Waals surface area (Å²) < 4.78 is 4.55. The fraction of sp³-hybridized carbons (Fsp3) is 0.692. The van der Waals surface area contributed by atoms with Gasteiger partial charge in [-0.05, 0) is 26.2 Å². The second kappa shape index (κ2) is 10.4. The van der Waals surface area contributed by atoms with Gasteiger partial charge < -0.3 is 4.74 Å². The SMILES string of the molecule is COC(=O)CCCCCCC=CCC(C)=O. The molecule has 0 spiro atoms. The van der Waals surface area contributed by atoms with E-state index in [2.05, 4.69) is 10.8 Å². The molecule has 92 valence electrons. The number of Topliss-reactive ketones (excluding diaryl/α,β-unsaturated/α-hetero) is 1. The molecule has 0 unspecified atom stereocenters. The Morgan fingerprint density at radius 3 is 2.38 bits per heavy atom. The van der Waals surface area contributed by atoms with Crippen LogP contribution in [-0.4, -0.2) is 18.9 Å². The van der Waals surface area contributed by atoms with Crippen LogP contribution in [0.15, 0.2) is 12.2 Å². The van der Waals surface area contributed by atoms with Crippen LogP contribution in [0.25, 0.3) is 0 Å². The number of hydrogen-bond donors (Lipinski definition) is 0. The Morgan fingerprint density at radius 1 is 1.06 bits per heavy atom. The van der Waals surface area contributed by atoms with Gasteiger partial charge in [-0.25, -0.2) is 0 Å². The summed E-state index contributed by atoms with van der Waals surface area (Å²) in [5.41, 5.74) is 0. The minimum atomic E-state index is -0.124. The summed E-state index contributed by atoms with van der Waals surface area (Å²) in [6, 6.07) is 0. The van der Waals surface area contributed by atoms with Crippen LogP contribution in [0.1, 0.15) is 51.9 Å². The lowest BCUT2D eigenvalue weighted by Crippen LogP contribution is -1.98. The third-order valence-electron chi connectivity index (χ3n) is 2.30. The molecule has 0 saturated carbocycles. The summed E-state index contributed by atoms with van der Waals surface area (Å²) in [6.07, 6.45) is 10.3. The summed E-state index contributed by atoms with van der Waals surface area (Å²) in [5.74, 6) is 0.0793. The van der Waals surface area contributed by atoms with Crippen molar-refractivity contribution in [3.63, 3.8) is 0 Å². The first-order valence-electron chi connectivity index (χ1n) is 5.88. The zero-order valence-corrected chi connectivity index (χ0v) is 10.3. The number of esters is 1. The van der Waals surface area contributed by atoms with E-state index < -0.39 is 0 Å². The largest absolute Gasteiger partial charge is 0.469 e. The van der Waals surface area contributed by atoms with E-state index >= 15 is 0 Å². The summed E-state index contributed by atoms with van der Waals surface area (Å²) in [7, 11) is 1.42. The van der Waals surface area contributed by atoms with Gasteiger partial charge >= 0.3 is 5.97 Å². The molecule has 0 aliphatic rings. The van der Waals surface area contributed by atoms with E-state index in [0.29, 0.717) is 12.8 Å². The van der Waals surface area contributed by atoms with Gasteiger partial charge in [0.15, 0.2) is 0 Å². The molecule has 3 heteroatoms. The van der Waals surface area contributed by atoms with Crippen molar-refractivity contribution in [3.8, 4) is 0 Å². The van der Waals surface area contributed by atoms with Crippen LogP contribution in [-0.2, 0) is 14.3 Å². The first-order chi connectivity index (χ1) is 7.66. The van der Waals surface area contributed by atoms with Crippen LogP contribution in [0.3, 0.4) is 0 Å². The normalized spacial score (nSPS) is 10.6. The summed E-state index contributed by atoms with van der Waals surface area (Å²) >= 11 is 0. The average molecular weight is 226 g/mol. The smallest absolute Gasteiger partial charge is 0.305 e. The van der Waals surface area contributed by atoms with Gasteiger partial charge in [0.1, 0.15) is 5.78 Å². The van der Waals surface area contributed by atoms with Gasteiger partial charge in [0.25, 0.3) is 0 Å². The summed E-state index contributed by atoms with van der Waals surface area (Å²) in [6.45, 7) is 1.59. The molecule has 0 atom stereocenters. The molecule has 0 bridgehead atoms. The molecule has 0 aromatic heterocycles. The van der Waals surface area contributed by atoms with Gasteiger partial charge in [-0.15, -0.1) is 0 Å². The van der Waals surface area contributed by atoms with Gasteiger partial charge in [0.05, 0.1) is 7.11 Å². The van der Waals surface area contributed by atoms with Crippen molar-refractivity contribution in [3.05, 3.63) is 12.2 Å². The highest BCUT2D eigenvalue weighted by Gasteiger charge is 1.98. The summed E-state index contributed by atoms with van der Waals surface area (Å²) in [4.78, 5) is 21.4. The third-order valence-corrected chi connectivity index (χ3v) is 2.30. The number of ketones is 1. The number of allylic oxidation sites excluding steroid dienone is 2. The fourth-order valence-corrected chi connectivity index (χ4v) is 1.35. The topological polar surface area (TPSA) is 43.4 Å². The first-order valence-corrected chi connectivity index (χ1v) is 5.88. The second-order valence-corrected chi connectivity index (χ2v) is 3.91. The van der Waals surface area contributed by atoms with E-state index in [-0.39, 0.29) is 11.8 Å². The van der Waals surface area contributed by atoms with Gasteiger partial charge in [-0.3, -0.25) is 9.59 Å². The molecule has 3 nitrogen and oxygen atoms in total.